The SMILES string of the molecule is Fc1cccc(Cn2c[c]cc2)c1. The Balaban J connectivity index is 2.19. The fourth-order valence-corrected chi connectivity index (χ4v) is 1.27. The van der Waals surface area contributed by atoms with Crippen molar-refractivity contribution in [2.75, 3.05) is 0 Å². The molecule has 0 amide bonds. The van der Waals surface area contributed by atoms with Gasteiger partial charge in [-0.3, -0.25) is 0 Å². The minimum absolute atomic E-state index is 0.186. The van der Waals surface area contributed by atoms with E-state index in [-0.39, 0.29) is 5.82 Å². The van der Waals surface area contributed by atoms with Gasteiger partial charge in [0, 0.05) is 25.0 Å². The molecule has 0 N–H and O–H groups in total. The van der Waals surface area contributed by atoms with Gasteiger partial charge in [0.15, 0.2) is 0 Å². The molecule has 2 rings (SSSR count). The van der Waals surface area contributed by atoms with Crippen molar-refractivity contribution in [3.05, 3.63) is 60.2 Å². The van der Waals surface area contributed by atoms with Gasteiger partial charge in [-0.15, -0.1) is 0 Å². The van der Waals surface area contributed by atoms with Gasteiger partial charge in [0.2, 0.25) is 0 Å². The maximum atomic E-state index is 12.8. The number of hydrogen-bond acceptors (Lipinski definition) is 0. The summed E-state index contributed by atoms with van der Waals surface area (Å²) in [5.74, 6) is -0.186. The summed E-state index contributed by atoms with van der Waals surface area (Å²) in [6.07, 6.45) is 3.75. The van der Waals surface area contributed by atoms with Gasteiger partial charge in [-0.05, 0) is 23.8 Å². The summed E-state index contributed by atoms with van der Waals surface area (Å²) in [6, 6.07) is 11.4. The first-order valence-electron chi connectivity index (χ1n) is 4.11. The number of nitrogens with zero attached hydrogens (tertiary/aromatic N) is 1. The highest BCUT2D eigenvalue weighted by molar-refractivity contribution is 5.16. The Morgan fingerprint density at radius 3 is 3.00 bits per heavy atom. The Bertz CT molecular complexity index is 379. The molecule has 0 aliphatic rings. The molecule has 1 radical (unpaired) electrons. The molecule has 1 aromatic carbocycles. The van der Waals surface area contributed by atoms with Crippen LogP contribution in [0.5, 0.6) is 0 Å². The van der Waals surface area contributed by atoms with Crippen LogP contribution in [0.2, 0.25) is 0 Å². The summed E-state index contributed by atoms with van der Waals surface area (Å²) < 4.78 is 14.7. The molecule has 0 unspecified atom stereocenters. The highest BCUT2D eigenvalue weighted by Crippen LogP contribution is 2.05. The van der Waals surface area contributed by atoms with Crippen LogP contribution in [0.1, 0.15) is 5.56 Å². The van der Waals surface area contributed by atoms with E-state index >= 15 is 0 Å². The molecule has 2 aromatic rings. The Morgan fingerprint density at radius 2 is 2.31 bits per heavy atom. The van der Waals surface area contributed by atoms with Gasteiger partial charge in [0.1, 0.15) is 5.82 Å². The molecule has 0 spiro atoms. The highest BCUT2D eigenvalue weighted by atomic mass is 19.1. The quantitative estimate of drug-likeness (QED) is 0.659. The molecule has 0 saturated heterocycles. The standard InChI is InChI=1S/C11H9FN/c12-11-5-3-4-10(8-11)9-13-6-1-2-7-13/h1,3-8H,9H2. The minimum Gasteiger partial charge on any atom is -0.349 e. The smallest absolute Gasteiger partial charge is 0.123 e. The second kappa shape index (κ2) is 3.44. The van der Waals surface area contributed by atoms with Crippen LogP contribution < -0.4 is 0 Å². The van der Waals surface area contributed by atoms with Crippen molar-refractivity contribution in [3.8, 4) is 0 Å². The van der Waals surface area contributed by atoms with Crippen LogP contribution in [0.25, 0.3) is 0 Å². The van der Waals surface area contributed by atoms with E-state index in [4.69, 9.17) is 0 Å². The second-order valence-electron chi connectivity index (χ2n) is 2.91. The van der Waals surface area contributed by atoms with Gasteiger partial charge in [-0.1, -0.05) is 12.1 Å². The van der Waals surface area contributed by atoms with Gasteiger partial charge in [0.05, 0.1) is 0 Å². The van der Waals surface area contributed by atoms with Crippen molar-refractivity contribution in [2.45, 2.75) is 6.54 Å². The van der Waals surface area contributed by atoms with E-state index in [1.165, 1.54) is 6.07 Å². The molecule has 1 nitrogen and oxygen atoms in total. The first kappa shape index (κ1) is 8.05. The highest BCUT2D eigenvalue weighted by Gasteiger charge is 1.95. The zero-order valence-corrected chi connectivity index (χ0v) is 7.07. The molecule has 0 atom stereocenters. The van der Waals surface area contributed by atoms with Gasteiger partial charge < -0.3 is 4.57 Å². The third-order valence-corrected chi connectivity index (χ3v) is 1.86. The monoisotopic (exact) mass is 174 g/mol. The number of rotatable bonds is 2. The molecule has 0 aliphatic carbocycles. The molecular formula is C11H9FN. The first-order valence-corrected chi connectivity index (χ1v) is 4.11. The van der Waals surface area contributed by atoms with E-state index in [1.54, 1.807) is 12.1 Å². The summed E-state index contributed by atoms with van der Waals surface area (Å²) in [6.45, 7) is 0.696. The van der Waals surface area contributed by atoms with Gasteiger partial charge >= 0.3 is 0 Å². The zero-order chi connectivity index (χ0) is 9.10. The molecule has 0 aliphatic heterocycles. The van der Waals surface area contributed by atoms with Gasteiger partial charge in [-0.2, -0.15) is 0 Å². The lowest BCUT2D eigenvalue weighted by atomic mass is 10.2. The van der Waals surface area contributed by atoms with Crippen LogP contribution in [0.15, 0.2) is 42.7 Å². The van der Waals surface area contributed by atoms with Crippen molar-refractivity contribution in [2.24, 2.45) is 0 Å². The van der Waals surface area contributed by atoms with Crippen molar-refractivity contribution in [1.29, 1.82) is 0 Å². The van der Waals surface area contributed by atoms with Crippen LogP contribution in [-0.4, -0.2) is 4.57 Å². The topological polar surface area (TPSA) is 4.93 Å². The molecule has 1 aromatic heterocycles. The van der Waals surface area contributed by atoms with Crippen molar-refractivity contribution < 1.29 is 4.39 Å². The second-order valence-corrected chi connectivity index (χ2v) is 2.91. The molecule has 1 heterocycles. The van der Waals surface area contributed by atoms with Crippen LogP contribution in [0.4, 0.5) is 4.39 Å². The molecule has 65 valence electrons. The summed E-state index contributed by atoms with van der Waals surface area (Å²) in [5, 5.41) is 0. The van der Waals surface area contributed by atoms with E-state index in [2.05, 4.69) is 6.07 Å². The van der Waals surface area contributed by atoms with E-state index in [0.29, 0.717) is 6.54 Å². The number of benzene rings is 1. The van der Waals surface area contributed by atoms with Crippen molar-refractivity contribution in [1.82, 2.24) is 4.57 Å². The van der Waals surface area contributed by atoms with Crippen LogP contribution in [0, 0.1) is 11.9 Å². The largest absolute Gasteiger partial charge is 0.349 e. The van der Waals surface area contributed by atoms with Gasteiger partial charge in [0.25, 0.3) is 0 Å². The lowest BCUT2D eigenvalue weighted by molar-refractivity contribution is 0.623. The Kier molecular flexibility index (Phi) is 2.13. The Morgan fingerprint density at radius 1 is 1.38 bits per heavy atom. The predicted octanol–water partition coefficient (Wildman–Crippen LogP) is 2.48. The summed E-state index contributed by atoms with van der Waals surface area (Å²) >= 11 is 0. The summed E-state index contributed by atoms with van der Waals surface area (Å²) in [7, 11) is 0. The van der Waals surface area contributed by atoms with Crippen LogP contribution >= 0.6 is 0 Å². The van der Waals surface area contributed by atoms with Crippen molar-refractivity contribution in [3.63, 3.8) is 0 Å². The van der Waals surface area contributed by atoms with Crippen molar-refractivity contribution >= 4 is 0 Å². The van der Waals surface area contributed by atoms with Gasteiger partial charge in [-0.25, -0.2) is 4.39 Å². The molecule has 0 bridgehead atoms. The molecule has 13 heavy (non-hydrogen) atoms. The third kappa shape index (κ3) is 1.96. The Hall–Kier alpha value is -1.57. The number of hydrogen-bond donors (Lipinski definition) is 0. The molecule has 2 heteroatoms. The molecular weight excluding hydrogens is 165 g/mol. The van der Waals surface area contributed by atoms with E-state index < -0.39 is 0 Å². The normalized spacial score (nSPS) is 10.2. The van der Waals surface area contributed by atoms with Crippen LogP contribution in [0.3, 0.4) is 0 Å². The maximum absolute atomic E-state index is 12.8. The average Bonchev–Trinajstić information content (AvgIpc) is 2.57. The first-order chi connectivity index (χ1) is 6.34. The maximum Gasteiger partial charge on any atom is 0.123 e. The molecule has 0 fully saturated rings. The zero-order valence-electron chi connectivity index (χ0n) is 7.07. The van der Waals surface area contributed by atoms with Crippen LogP contribution in [-0.2, 0) is 6.54 Å². The fourth-order valence-electron chi connectivity index (χ4n) is 1.27. The lowest BCUT2D eigenvalue weighted by Gasteiger charge is -2.02. The summed E-state index contributed by atoms with van der Waals surface area (Å²) in [5.41, 5.74) is 0.963. The number of aromatic nitrogens is 1. The van der Waals surface area contributed by atoms with E-state index in [0.717, 1.165) is 5.56 Å². The lowest BCUT2D eigenvalue weighted by Crippen LogP contribution is -1.95. The van der Waals surface area contributed by atoms with E-state index in [9.17, 15) is 4.39 Å². The summed E-state index contributed by atoms with van der Waals surface area (Å²) in [4.78, 5) is 0. The Labute approximate surface area is 76.4 Å². The molecule has 0 saturated carbocycles. The number of halogens is 1. The fraction of sp³-hybridized carbons (Fsp3) is 0.0909. The average molecular weight is 174 g/mol. The third-order valence-electron chi connectivity index (χ3n) is 1.86. The van der Waals surface area contributed by atoms with E-state index in [1.807, 2.05) is 29.1 Å². The predicted molar refractivity (Wildman–Crippen MR) is 48.8 cm³/mol. The minimum atomic E-state index is -0.186.